The number of fused-ring (bicyclic) bond motifs is 1. The highest BCUT2D eigenvalue weighted by Crippen LogP contribution is 2.30. The second-order valence-electron chi connectivity index (χ2n) is 8.79. The molecule has 0 N–H and O–H groups in total. The molecule has 3 heterocycles. The van der Waals surface area contributed by atoms with Gasteiger partial charge in [-0.2, -0.15) is 18.3 Å². The highest BCUT2D eigenvalue weighted by atomic mass is 19.4. The molecule has 192 valence electrons. The van der Waals surface area contributed by atoms with Gasteiger partial charge in [-0.15, -0.1) is 0 Å². The molecule has 11 heteroatoms. The van der Waals surface area contributed by atoms with Crippen LogP contribution in [0.1, 0.15) is 33.6 Å². The molecule has 1 fully saturated rings. The smallest absolute Gasteiger partial charge is 0.336 e. The van der Waals surface area contributed by atoms with E-state index in [1.54, 1.807) is 41.3 Å². The monoisotopic (exact) mass is 515 g/mol. The largest absolute Gasteiger partial charge is 0.416 e. The molecule has 0 saturated carbocycles. The van der Waals surface area contributed by atoms with Gasteiger partial charge in [0.15, 0.2) is 5.65 Å². The zero-order valence-corrected chi connectivity index (χ0v) is 19.5. The van der Waals surface area contributed by atoms with Crippen LogP contribution in [-0.4, -0.2) is 56.5 Å². The van der Waals surface area contributed by atoms with Gasteiger partial charge in [-0.05, 0) is 17.7 Å². The lowest BCUT2D eigenvalue weighted by Gasteiger charge is -2.34. The first-order chi connectivity index (χ1) is 17.7. The first kappa shape index (κ1) is 24.8. The molecule has 0 radical (unpaired) electrons. The number of nitrogens with zero attached hydrogens (tertiary/aromatic N) is 5. The average molecular weight is 515 g/mol. The van der Waals surface area contributed by atoms with Crippen molar-refractivity contribution in [3.8, 4) is 11.3 Å². The van der Waals surface area contributed by atoms with E-state index in [2.05, 4.69) is 10.1 Å². The second kappa shape index (κ2) is 9.89. The Morgan fingerprint density at radius 1 is 0.946 bits per heavy atom. The first-order valence-electron chi connectivity index (χ1n) is 11.6. The van der Waals surface area contributed by atoms with Gasteiger partial charge >= 0.3 is 6.18 Å². The zero-order chi connectivity index (χ0) is 26.2. The normalized spacial score (nSPS) is 15.0. The van der Waals surface area contributed by atoms with Crippen LogP contribution in [0.25, 0.3) is 16.9 Å². The molecule has 0 bridgehead atoms. The molecule has 1 aliphatic rings. The van der Waals surface area contributed by atoms with Crippen molar-refractivity contribution in [3.63, 3.8) is 0 Å². The maximum Gasteiger partial charge on any atom is 0.416 e. The van der Waals surface area contributed by atoms with Crippen molar-refractivity contribution in [3.05, 3.63) is 89.2 Å². The standard InChI is InChI=1S/C26H22F5N5O/c27-23(28)22-14-21(18-6-2-1-3-7-18)33-24-20(15-32-36(22)24)25(37)35-11-9-34(10-12-35)16-17-5-4-8-19(13-17)26(29,30)31/h1-8,13-15,23H,9-12,16H2. The number of rotatable bonds is 5. The van der Waals surface area contributed by atoms with Crippen molar-refractivity contribution in [1.29, 1.82) is 0 Å². The highest BCUT2D eigenvalue weighted by molar-refractivity contribution is 6.00. The summed E-state index contributed by atoms with van der Waals surface area (Å²) in [6, 6.07) is 15.3. The summed E-state index contributed by atoms with van der Waals surface area (Å²) in [5.74, 6) is -0.383. The van der Waals surface area contributed by atoms with Crippen LogP contribution in [0.15, 0.2) is 66.9 Å². The molecule has 1 saturated heterocycles. The predicted molar refractivity (Wildman–Crippen MR) is 126 cm³/mol. The third kappa shape index (κ3) is 5.17. The van der Waals surface area contributed by atoms with E-state index in [1.165, 1.54) is 18.3 Å². The number of piperazine rings is 1. The number of benzene rings is 2. The fraction of sp³-hybridized carbons (Fsp3) is 0.269. The number of amides is 1. The van der Waals surface area contributed by atoms with Gasteiger partial charge in [0, 0.05) is 38.3 Å². The summed E-state index contributed by atoms with van der Waals surface area (Å²) in [7, 11) is 0. The van der Waals surface area contributed by atoms with Crippen LogP contribution in [0.3, 0.4) is 0 Å². The summed E-state index contributed by atoms with van der Waals surface area (Å²) in [6.07, 6.45) is -5.98. The maximum absolute atomic E-state index is 13.8. The van der Waals surface area contributed by atoms with Crippen LogP contribution in [0.4, 0.5) is 22.0 Å². The van der Waals surface area contributed by atoms with Gasteiger partial charge in [0.25, 0.3) is 12.3 Å². The highest BCUT2D eigenvalue weighted by Gasteiger charge is 2.31. The number of hydrogen-bond donors (Lipinski definition) is 0. The number of halogens is 5. The van der Waals surface area contributed by atoms with Gasteiger partial charge in [-0.1, -0.05) is 48.5 Å². The van der Waals surface area contributed by atoms with Crippen molar-refractivity contribution < 1.29 is 26.7 Å². The molecule has 6 nitrogen and oxygen atoms in total. The minimum absolute atomic E-state index is 0.0491. The molecule has 0 spiro atoms. The summed E-state index contributed by atoms with van der Waals surface area (Å²) in [4.78, 5) is 21.4. The number of aromatic nitrogens is 3. The van der Waals surface area contributed by atoms with Gasteiger partial charge in [0.1, 0.15) is 11.3 Å². The van der Waals surface area contributed by atoms with Crippen LogP contribution in [0.2, 0.25) is 0 Å². The van der Waals surface area contributed by atoms with Crippen LogP contribution in [0, 0.1) is 0 Å². The van der Waals surface area contributed by atoms with Crippen molar-refractivity contribution >= 4 is 11.6 Å². The molecule has 0 aliphatic carbocycles. The van der Waals surface area contributed by atoms with E-state index >= 15 is 0 Å². The van der Waals surface area contributed by atoms with E-state index in [-0.39, 0.29) is 22.8 Å². The van der Waals surface area contributed by atoms with Crippen molar-refractivity contribution in [2.45, 2.75) is 19.1 Å². The maximum atomic E-state index is 13.8. The quantitative estimate of drug-likeness (QED) is 0.338. The number of carbonyl (C=O) groups excluding carboxylic acids is 1. The molecule has 1 aliphatic heterocycles. The van der Waals surface area contributed by atoms with Gasteiger partial charge in [-0.25, -0.2) is 18.3 Å². The molecule has 1 amide bonds. The Morgan fingerprint density at radius 3 is 2.35 bits per heavy atom. The molecule has 5 rings (SSSR count). The van der Waals surface area contributed by atoms with Gasteiger partial charge in [0.05, 0.1) is 17.5 Å². The van der Waals surface area contributed by atoms with Crippen molar-refractivity contribution in [1.82, 2.24) is 24.4 Å². The summed E-state index contributed by atoms with van der Waals surface area (Å²) in [6.45, 7) is 1.88. The van der Waals surface area contributed by atoms with Crippen molar-refractivity contribution in [2.24, 2.45) is 0 Å². The number of hydrogen-bond acceptors (Lipinski definition) is 4. The topological polar surface area (TPSA) is 53.7 Å². The van der Waals surface area contributed by atoms with Crippen LogP contribution in [0.5, 0.6) is 0 Å². The van der Waals surface area contributed by atoms with Crippen LogP contribution >= 0.6 is 0 Å². The molecule has 2 aromatic heterocycles. The minimum atomic E-state index is -4.41. The van der Waals surface area contributed by atoms with Gasteiger partial charge in [0.2, 0.25) is 0 Å². The van der Waals surface area contributed by atoms with Gasteiger partial charge < -0.3 is 4.90 Å². The second-order valence-corrected chi connectivity index (χ2v) is 8.79. The minimum Gasteiger partial charge on any atom is -0.336 e. The van der Waals surface area contributed by atoms with Crippen LogP contribution in [-0.2, 0) is 12.7 Å². The Hall–Kier alpha value is -3.86. The fourth-order valence-electron chi connectivity index (χ4n) is 4.43. The van der Waals surface area contributed by atoms with E-state index in [1.807, 2.05) is 4.90 Å². The van der Waals surface area contributed by atoms with Crippen LogP contribution < -0.4 is 0 Å². The zero-order valence-electron chi connectivity index (χ0n) is 19.5. The summed E-state index contributed by atoms with van der Waals surface area (Å²) < 4.78 is 67.7. The lowest BCUT2D eigenvalue weighted by molar-refractivity contribution is -0.137. The molecule has 4 aromatic rings. The SMILES string of the molecule is O=C(c1cnn2c(C(F)F)cc(-c3ccccc3)nc12)N1CCN(Cc2cccc(C(F)(F)F)c2)CC1. The molecular weight excluding hydrogens is 493 g/mol. The Kier molecular flexibility index (Phi) is 6.63. The van der Waals surface area contributed by atoms with E-state index in [0.29, 0.717) is 49.5 Å². The molecule has 0 unspecified atom stereocenters. The third-order valence-corrected chi connectivity index (χ3v) is 6.34. The lowest BCUT2D eigenvalue weighted by Crippen LogP contribution is -2.48. The number of alkyl halides is 5. The fourth-order valence-corrected chi connectivity index (χ4v) is 4.43. The summed E-state index contributed by atoms with van der Waals surface area (Å²) in [5, 5.41) is 4.01. The van der Waals surface area contributed by atoms with E-state index in [9.17, 15) is 26.7 Å². The lowest BCUT2D eigenvalue weighted by atomic mass is 10.1. The van der Waals surface area contributed by atoms with E-state index in [0.717, 1.165) is 16.6 Å². The predicted octanol–water partition coefficient (Wildman–Crippen LogP) is 5.31. The molecule has 37 heavy (non-hydrogen) atoms. The summed E-state index contributed by atoms with van der Waals surface area (Å²) in [5.41, 5.74) is 0.582. The molecule has 0 atom stereocenters. The molecular formula is C26H22F5N5O. The molecule has 2 aromatic carbocycles. The van der Waals surface area contributed by atoms with E-state index in [4.69, 9.17) is 0 Å². The Balaban J connectivity index is 1.34. The van der Waals surface area contributed by atoms with Crippen molar-refractivity contribution in [2.75, 3.05) is 26.2 Å². The summed E-state index contributed by atoms with van der Waals surface area (Å²) >= 11 is 0. The van der Waals surface area contributed by atoms with E-state index < -0.39 is 18.2 Å². The Morgan fingerprint density at radius 2 is 1.68 bits per heavy atom. The van der Waals surface area contributed by atoms with Gasteiger partial charge in [-0.3, -0.25) is 9.69 Å². The average Bonchev–Trinajstić information content (AvgIpc) is 3.32. The third-order valence-electron chi connectivity index (χ3n) is 6.34. The number of carbonyl (C=O) groups is 1. The Labute approximate surface area is 208 Å². The first-order valence-corrected chi connectivity index (χ1v) is 11.6. The Bertz CT molecular complexity index is 1410.